The average molecular weight is 378 g/mol. The standard InChI is InChI=1S/C21H26N6O/c1-17-22-10-11-26(17)16-21(8-9-21)15-23-20(28)25(2)13-18-12-24-27(14-18)19-6-4-3-5-7-19/h3-7,10-12,14H,8-9,13,15-16H2,1-2H3,(H,23,28). The summed E-state index contributed by atoms with van der Waals surface area (Å²) in [5, 5.41) is 7.50. The van der Waals surface area contributed by atoms with E-state index in [1.807, 2.05) is 67.6 Å². The Morgan fingerprint density at radius 2 is 2.07 bits per heavy atom. The Morgan fingerprint density at radius 3 is 2.75 bits per heavy atom. The molecule has 1 aliphatic rings. The number of nitrogens with zero attached hydrogens (tertiary/aromatic N) is 5. The van der Waals surface area contributed by atoms with Gasteiger partial charge in [-0.05, 0) is 31.9 Å². The van der Waals surface area contributed by atoms with Crippen molar-refractivity contribution in [2.75, 3.05) is 13.6 Å². The number of imidazole rings is 1. The van der Waals surface area contributed by atoms with Crippen LogP contribution >= 0.6 is 0 Å². The van der Waals surface area contributed by atoms with Crippen molar-refractivity contribution in [1.82, 2.24) is 29.5 Å². The van der Waals surface area contributed by atoms with Gasteiger partial charge in [0.25, 0.3) is 0 Å². The topological polar surface area (TPSA) is 68.0 Å². The van der Waals surface area contributed by atoms with Gasteiger partial charge in [0.1, 0.15) is 5.82 Å². The average Bonchev–Trinajstić information content (AvgIpc) is 3.10. The fraction of sp³-hybridized carbons (Fsp3) is 0.381. The summed E-state index contributed by atoms with van der Waals surface area (Å²) in [6.07, 6.45) is 9.88. The first-order valence-corrected chi connectivity index (χ1v) is 9.60. The van der Waals surface area contributed by atoms with Crippen molar-refractivity contribution in [3.63, 3.8) is 0 Å². The van der Waals surface area contributed by atoms with E-state index in [1.54, 1.807) is 11.1 Å². The second-order valence-corrected chi connectivity index (χ2v) is 7.75. The van der Waals surface area contributed by atoms with Gasteiger partial charge >= 0.3 is 6.03 Å². The van der Waals surface area contributed by atoms with E-state index in [0.29, 0.717) is 13.1 Å². The third-order valence-electron chi connectivity index (χ3n) is 5.42. The maximum atomic E-state index is 12.5. The summed E-state index contributed by atoms with van der Waals surface area (Å²) in [5.74, 6) is 1.02. The van der Waals surface area contributed by atoms with Gasteiger partial charge in [-0.2, -0.15) is 5.10 Å². The van der Waals surface area contributed by atoms with Crippen LogP contribution in [0.25, 0.3) is 5.69 Å². The van der Waals surface area contributed by atoms with Gasteiger partial charge in [-0.1, -0.05) is 18.2 Å². The van der Waals surface area contributed by atoms with Gasteiger partial charge in [0.2, 0.25) is 0 Å². The van der Waals surface area contributed by atoms with Gasteiger partial charge in [0, 0.05) is 49.7 Å². The van der Waals surface area contributed by atoms with E-state index in [1.165, 1.54) is 0 Å². The minimum absolute atomic E-state index is 0.0545. The highest BCUT2D eigenvalue weighted by Gasteiger charge is 2.43. The number of benzene rings is 1. The SMILES string of the molecule is Cc1nccn1CC1(CNC(=O)N(C)Cc2cnn(-c3ccccc3)c2)CC1. The Labute approximate surface area is 165 Å². The Morgan fingerprint density at radius 1 is 1.29 bits per heavy atom. The summed E-state index contributed by atoms with van der Waals surface area (Å²) in [6.45, 7) is 4.13. The molecule has 7 heteroatoms. The van der Waals surface area contributed by atoms with E-state index in [0.717, 1.165) is 36.5 Å². The molecule has 1 aliphatic carbocycles. The molecule has 0 atom stereocenters. The largest absolute Gasteiger partial charge is 0.337 e. The zero-order valence-corrected chi connectivity index (χ0v) is 16.4. The van der Waals surface area contributed by atoms with Gasteiger partial charge in [-0.15, -0.1) is 0 Å². The Kier molecular flexibility index (Phi) is 4.90. The normalized spacial score (nSPS) is 14.6. The molecule has 3 aromatic rings. The molecule has 1 aromatic carbocycles. The zero-order valence-electron chi connectivity index (χ0n) is 16.4. The summed E-state index contributed by atoms with van der Waals surface area (Å²) in [7, 11) is 1.81. The molecule has 28 heavy (non-hydrogen) atoms. The van der Waals surface area contributed by atoms with Crippen molar-refractivity contribution in [1.29, 1.82) is 0 Å². The van der Waals surface area contributed by atoms with E-state index in [2.05, 4.69) is 20.0 Å². The van der Waals surface area contributed by atoms with Gasteiger partial charge in [0.15, 0.2) is 0 Å². The minimum Gasteiger partial charge on any atom is -0.337 e. The number of hydrogen-bond acceptors (Lipinski definition) is 3. The van der Waals surface area contributed by atoms with Crippen LogP contribution in [-0.4, -0.2) is 43.9 Å². The summed E-state index contributed by atoms with van der Waals surface area (Å²) >= 11 is 0. The molecule has 0 bridgehead atoms. The van der Waals surface area contributed by atoms with E-state index in [4.69, 9.17) is 0 Å². The van der Waals surface area contributed by atoms with Gasteiger partial charge in [-0.25, -0.2) is 14.5 Å². The number of aryl methyl sites for hydroxylation is 1. The van der Waals surface area contributed by atoms with E-state index >= 15 is 0 Å². The fourth-order valence-corrected chi connectivity index (χ4v) is 3.41. The predicted molar refractivity (Wildman–Crippen MR) is 107 cm³/mol. The maximum absolute atomic E-state index is 12.5. The fourth-order valence-electron chi connectivity index (χ4n) is 3.41. The molecule has 146 valence electrons. The van der Waals surface area contributed by atoms with Crippen LogP contribution in [0.1, 0.15) is 24.2 Å². The number of para-hydroxylation sites is 1. The highest BCUT2D eigenvalue weighted by molar-refractivity contribution is 5.73. The molecule has 4 rings (SSSR count). The molecule has 1 N–H and O–H groups in total. The van der Waals surface area contributed by atoms with Gasteiger partial charge in [-0.3, -0.25) is 0 Å². The van der Waals surface area contributed by atoms with Crippen molar-refractivity contribution in [3.8, 4) is 5.69 Å². The highest BCUT2D eigenvalue weighted by atomic mass is 16.2. The molecule has 0 saturated heterocycles. The summed E-state index contributed by atoms with van der Waals surface area (Å²) in [6, 6.07) is 9.90. The lowest BCUT2D eigenvalue weighted by Crippen LogP contribution is -2.40. The molecule has 0 aliphatic heterocycles. The number of carbonyl (C=O) groups excluding carboxylic acids is 1. The molecule has 1 fully saturated rings. The lowest BCUT2D eigenvalue weighted by molar-refractivity contribution is 0.203. The quantitative estimate of drug-likeness (QED) is 0.687. The number of nitrogens with one attached hydrogen (secondary N) is 1. The van der Waals surface area contributed by atoms with Crippen LogP contribution < -0.4 is 5.32 Å². The van der Waals surface area contributed by atoms with E-state index in [9.17, 15) is 4.79 Å². The first-order valence-electron chi connectivity index (χ1n) is 9.60. The number of carbonyl (C=O) groups is 1. The van der Waals surface area contributed by atoms with E-state index < -0.39 is 0 Å². The third kappa shape index (κ3) is 4.08. The molecule has 7 nitrogen and oxygen atoms in total. The van der Waals surface area contributed by atoms with Crippen molar-refractivity contribution in [2.24, 2.45) is 5.41 Å². The smallest absolute Gasteiger partial charge is 0.317 e. The second kappa shape index (κ2) is 7.50. The van der Waals surface area contributed by atoms with Crippen molar-refractivity contribution in [3.05, 3.63) is 66.5 Å². The Bertz CT molecular complexity index is 941. The molecular formula is C21H26N6O. The number of hydrogen-bond donors (Lipinski definition) is 1. The minimum atomic E-state index is -0.0545. The van der Waals surface area contributed by atoms with Crippen LogP contribution in [-0.2, 0) is 13.1 Å². The lowest BCUT2D eigenvalue weighted by Gasteiger charge is -2.21. The Balaban J connectivity index is 1.29. The van der Waals surface area contributed by atoms with Crippen LogP contribution in [0.5, 0.6) is 0 Å². The van der Waals surface area contributed by atoms with E-state index in [-0.39, 0.29) is 11.4 Å². The molecular weight excluding hydrogens is 352 g/mol. The second-order valence-electron chi connectivity index (χ2n) is 7.75. The van der Waals surface area contributed by atoms with Crippen LogP contribution in [0, 0.1) is 12.3 Å². The maximum Gasteiger partial charge on any atom is 0.317 e. The monoisotopic (exact) mass is 378 g/mol. The van der Waals surface area contributed by atoms with Crippen LogP contribution in [0.4, 0.5) is 4.79 Å². The number of amides is 2. The van der Waals surface area contributed by atoms with Crippen LogP contribution in [0.15, 0.2) is 55.1 Å². The summed E-state index contributed by atoms with van der Waals surface area (Å²) in [5.41, 5.74) is 2.17. The molecule has 0 spiro atoms. The number of urea groups is 1. The van der Waals surface area contributed by atoms with Gasteiger partial charge < -0.3 is 14.8 Å². The molecule has 1 saturated carbocycles. The third-order valence-corrected chi connectivity index (χ3v) is 5.42. The highest BCUT2D eigenvalue weighted by Crippen LogP contribution is 2.46. The van der Waals surface area contributed by atoms with Crippen LogP contribution in [0.2, 0.25) is 0 Å². The molecule has 0 radical (unpaired) electrons. The Hall–Kier alpha value is -3.09. The molecule has 2 heterocycles. The number of aromatic nitrogens is 4. The van der Waals surface area contributed by atoms with Crippen molar-refractivity contribution < 1.29 is 4.79 Å². The molecule has 0 unspecified atom stereocenters. The molecule has 2 amide bonds. The summed E-state index contributed by atoms with van der Waals surface area (Å²) in [4.78, 5) is 18.5. The first kappa shape index (κ1) is 18.3. The summed E-state index contributed by atoms with van der Waals surface area (Å²) < 4.78 is 3.99. The first-order chi connectivity index (χ1) is 13.5. The van der Waals surface area contributed by atoms with Crippen molar-refractivity contribution in [2.45, 2.75) is 32.9 Å². The van der Waals surface area contributed by atoms with Crippen LogP contribution in [0.3, 0.4) is 0 Å². The number of rotatable bonds is 7. The van der Waals surface area contributed by atoms with Crippen molar-refractivity contribution >= 4 is 6.03 Å². The predicted octanol–water partition coefficient (Wildman–Crippen LogP) is 3.00. The zero-order chi connectivity index (χ0) is 19.6. The molecule has 2 aromatic heterocycles. The van der Waals surface area contributed by atoms with Gasteiger partial charge in [0.05, 0.1) is 18.4 Å². The lowest BCUT2D eigenvalue weighted by atomic mass is 10.1.